The minimum absolute atomic E-state index is 0.612. The zero-order valence-corrected chi connectivity index (χ0v) is 11.5. The van der Waals surface area contributed by atoms with Gasteiger partial charge in [-0.2, -0.15) is 0 Å². The van der Waals surface area contributed by atoms with Crippen LogP contribution in [0.3, 0.4) is 0 Å². The van der Waals surface area contributed by atoms with Crippen molar-refractivity contribution in [1.82, 2.24) is 0 Å². The quantitative estimate of drug-likeness (QED) is 0.740. The van der Waals surface area contributed by atoms with Crippen LogP contribution < -0.4 is 5.73 Å². The largest absolute Gasteiger partial charge is 0.326 e. The van der Waals surface area contributed by atoms with Crippen LogP contribution in [0.1, 0.15) is 5.56 Å². The molecule has 0 aromatic carbocycles. The number of hydrogen-bond donors (Lipinski definition) is 1. The third-order valence-corrected chi connectivity index (χ3v) is 5.56. The Labute approximate surface area is 112 Å². The molecule has 3 rings (SSSR count). The van der Waals surface area contributed by atoms with Crippen LogP contribution in [0.5, 0.6) is 0 Å². The maximum Gasteiger partial charge on any atom is 0.0532 e. The predicted octanol–water partition coefficient (Wildman–Crippen LogP) is 4.66. The van der Waals surface area contributed by atoms with Gasteiger partial charge in [0.15, 0.2) is 0 Å². The van der Waals surface area contributed by atoms with Crippen molar-refractivity contribution in [3.05, 3.63) is 46.0 Å². The maximum absolute atomic E-state index is 5.78. The molecule has 0 saturated carbocycles. The van der Waals surface area contributed by atoms with Gasteiger partial charge in [0.05, 0.1) is 4.88 Å². The van der Waals surface area contributed by atoms with Gasteiger partial charge in [-0.1, -0.05) is 6.07 Å². The molecule has 0 amide bonds. The third-order valence-electron chi connectivity index (χ3n) is 2.62. The van der Waals surface area contributed by atoms with Crippen LogP contribution in [0.2, 0.25) is 0 Å². The normalized spacial score (nSPS) is 10.9. The van der Waals surface area contributed by atoms with Crippen LogP contribution in [0.15, 0.2) is 40.4 Å². The zero-order valence-electron chi connectivity index (χ0n) is 9.05. The van der Waals surface area contributed by atoms with E-state index in [4.69, 9.17) is 5.73 Å². The Bertz CT molecular complexity index is 604. The van der Waals surface area contributed by atoms with Gasteiger partial charge in [-0.05, 0) is 39.9 Å². The summed E-state index contributed by atoms with van der Waals surface area (Å²) in [6.07, 6.45) is 0. The summed E-state index contributed by atoms with van der Waals surface area (Å²) in [4.78, 5) is 4.01. The predicted molar refractivity (Wildman–Crippen MR) is 78.8 cm³/mol. The molecule has 4 heteroatoms. The lowest BCUT2D eigenvalue weighted by molar-refractivity contribution is 1.08. The van der Waals surface area contributed by atoms with Crippen molar-refractivity contribution in [1.29, 1.82) is 0 Å². The van der Waals surface area contributed by atoms with Gasteiger partial charge in [-0.3, -0.25) is 0 Å². The fourth-order valence-corrected chi connectivity index (χ4v) is 4.69. The van der Waals surface area contributed by atoms with Crippen molar-refractivity contribution in [2.75, 3.05) is 0 Å². The topological polar surface area (TPSA) is 26.0 Å². The van der Waals surface area contributed by atoms with Gasteiger partial charge in [0.25, 0.3) is 0 Å². The molecule has 0 spiro atoms. The average molecular weight is 277 g/mol. The molecule has 0 saturated heterocycles. The van der Waals surface area contributed by atoms with E-state index < -0.39 is 0 Å². The number of rotatable bonds is 3. The molecule has 3 aromatic rings. The minimum atomic E-state index is 0.612. The molecule has 0 aliphatic carbocycles. The molecule has 17 heavy (non-hydrogen) atoms. The molecule has 0 aliphatic heterocycles. The monoisotopic (exact) mass is 277 g/mol. The van der Waals surface area contributed by atoms with Gasteiger partial charge in [-0.25, -0.2) is 0 Å². The van der Waals surface area contributed by atoms with Crippen LogP contribution in [-0.2, 0) is 6.54 Å². The molecule has 1 nitrogen and oxygen atoms in total. The lowest BCUT2D eigenvalue weighted by Gasteiger charge is -2.02. The van der Waals surface area contributed by atoms with E-state index in [0.29, 0.717) is 6.54 Å². The van der Waals surface area contributed by atoms with Crippen molar-refractivity contribution < 1.29 is 0 Å². The van der Waals surface area contributed by atoms with Gasteiger partial charge in [0.1, 0.15) is 0 Å². The Morgan fingerprint density at radius 3 is 2.47 bits per heavy atom. The Kier molecular flexibility index (Phi) is 3.11. The summed E-state index contributed by atoms with van der Waals surface area (Å²) in [5.74, 6) is 0. The first-order valence-electron chi connectivity index (χ1n) is 5.28. The van der Waals surface area contributed by atoms with Crippen molar-refractivity contribution in [2.45, 2.75) is 6.54 Å². The van der Waals surface area contributed by atoms with Crippen molar-refractivity contribution in [3.63, 3.8) is 0 Å². The summed E-state index contributed by atoms with van der Waals surface area (Å²) in [6.45, 7) is 0.612. The molecule has 0 bridgehead atoms. The summed E-state index contributed by atoms with van der Waals surface area (Å²) in [6, 6.07) is 8.59. The first-order chi connectivity index (χ1) is 8.40. The van der Waals surface area contributed by atoms with Gasteiger partial charge in [0.2, 0.25) is 0 Å². The highest BCUT2D eigenvalue weighted by molar-refractivity contribution is 7.21. The average Bonchev–Trinajstić information content (AvgIpc) is 3.09. The van der Waals surface area contributed by atoms with E-state index in [1.807, 2.05) is 0 Å². The highest BCUT2D eigenvalue weighted by Crippen LogP contribution is 2.42. The number of hydrogen-bond acceptors (Lipinski definition) is 4. The summed E-state index contributed by atoms with van der Waals surface area (Å²) >= 11 is 5.36. The molecule has 0 radical (unpaired) electrons. The standard InChI is InChI=1S/C13H11NS3/c14-8-9-3-6-16-12(9)13-10(4-7-17-13)11-2-1-5-15-11/h1-7H,8,14H2. The van der Waals surface area contributed by atoms with Crippen LogP contribution in [0.4, 0.5) is 0 Å². The second-order valence-corrected chi connectivity index (χ2v) is 6.40. The molecule has 0 fully saturated rings. The second-order valence-electron chi connectivity index (χ2n) is 3.62. The first-order valence-corrected chi connectivity index (χ1v) is 7.92. The number of nitrogens with two attached hydrogens (primary N) is 1. The zero-order chi connectivity index (χ0) is 11.7. The first kappa shape index (κ1) is 11.2. The summed E-state index contributed by atoms with van der Waals surface area (Å²) in [5.41, 5.74) is 8.36. The lowest BCUT2D eigenvalue weighted by Crippen LogP contribution is -1.95. The third kappa shape index (κ3) is 1.98. The SMILES string of the molecule is NCc1ccsc1-c1sccc1-c1cccs1. The van der Waals surface area contributed by atoms with E-state index in [0.717, 1.165) is 0 Å². The fourth-order valence-electron chi connectivity index (χ4n) is 1.81. The van der Waals surface area contributed by atoms with Crippen LogP contribution in [0, 0.1) is 0 Å². The second kappa shape index (κ2) is 4.74. The molecule has 0 aliphatic rings. The van der Waals surface area contributed by atoms with E-state index in [-0.39, 0.29) is 0 Å². The van der Waals surface area contributed by atoms with E-state index in [1.54, 1.807) is 34.0 Å². The smallest absolute Gasteiger partial charge is 0.0532 e. The van der Waals surface area contributed by atoms with Gasteiger partial charge < -0.3 is 5.73 Å². The molecular formula is C13H11NS3. The summed E-state index contributed by atoms with van der Waals surface area (Å²) in [5, 5.41) is 6.40. The van der Waals surface area contributed by atoms with Crippen molar-refractivity contribution in [3.8, 4) is 20.2 Å². The summed E-state index contributed by atoms with van der Waals surface area (Å²) in [7, 11) is 0. The summed E-state index contributed by atoms with van der Waals surface area (Å²) < 4.78 is 0. The van der Waals surface area contributed by atoms with E-state index in [1.165, 1.54) is 25.8 Å². The lowest BCUT2D eigenvalue weighted by atomic mass is 10.1. The Balaban J connectivity index is 2.14. The molecule has 0 unspecified atom stereocenters. The molecule has 0 atom stereocenters. The highest BCUT2D eigenvalue weighted by Gasteiger charge is 2.13. The van der Waals surface area contributed by atoms with E-state index in [2.05, 4.69) is 40.4 Å². The fraction of sp³-hybridized carbons (Fsp3) is 0.0769. The molecular weight excluding hydrogens is 266 g/mol. The molecule has 3 aromatic heterocycles. The van der Waals surface area contributed by atoms with Crippen molar-refractivity contribution >= 4 is 34.0 Å². The van der Waals surface area contributed by atoms with Crippen LogP contribution in [0.25, 0.3) is 20.2 Å². The van der Waals surface area contributed by atoms with Crippen LogP contribution in [-0.4, -0.2) is 0 Å². The Morgan fingerprint density at radius 1 is 0.882 bits per heavy atom. The molecule has 2 N–H and O–H groups in total. The van der Waals surface area contributed by atoms with E-state index >= 15 is 0 Å². The Hall–Kier alpha value is -0.940. The van der Waals surface area contributed by atoms with Gasteiger partial charge in [-0.15, -0.1) is 34.0 Å². The van der Waals surface area contributed by atoms with E-state index in [9.17, 15) is 0 Å². The Morgan fingerprint density at radius 2 is 1.71 bits per heavy atom. The maximum atomic E-state index is 5.78. The van der Waals surface area contributed by atoms with Gasteiger partial charge in [0, 0.05) is 21.9 Å². The van der Waals surface area contributed by atoms with Crippen LogP contribution >= 0.6 is 34.0 Å². The number of thiophene rings is 3. The highest BCUT2D eigenvalue weighted by atomic mass is 32.1. The van der Waals surface area contributed by atoms with Gasteiger partial charge >= 0.3 is 0 Å². The molecule has 3 heterocycles. The minimum Gasteiger partial charge on any atom is -0.326 e. The molecule has 86 valence electrons. The van der Waals surface area contributed by atoms with Crippen molar-refractivity contribution in [2.24, 2.45) is 5.73 Å².